The zero-order valence-electron chi connectivity index (χ0n) is 15.7. The molecule has 2 amide bonds. The number of methoxy groups -OCH3 is 1. The number of benzene rings is 2. The normalized spacial score (nSPS) is 10.2. The summed E-state index contributed by atoms with van der Waals surface area (Å²) in [4.78, 5) is 28.9. The first kappa shape index (κ1) is 19.1. The Balaban J connectivity index is 1.63. The summed E-state index contributed by atoms with van der Waals surface area (Å²) in [6, 6.07) is 18.0. The molecule has 0 spiro atoms. The average Bonchev–Trinajstić information content (AvgIpc) is 2.74. The molecule has 3 rings (SSSR count). The number of nitrogens with one attached hydrogen (secondary N) is 2. The maximum Gasteiger partial charge on any atom is 0.270 e. The van der Waals surface area contributed by atoms with Crippen LogP contribution < -0.4 is 15.4 Å². The third-order valence-electron chi connectivity index (χ3n) is 4.18. The third kappa shape index (κ3) is 4.94. The second-order valence-corrected chi connectivity index (χ2v) is 6.28. The number of rotatable bonds is 6. The lowest BCUT2D eigenvalue weighted by atomic mass is 10.2. The van der Waals surface area contributed by atoms with Gasteiger partial charge in [0.05, 0.1) is 7.11 Å². The number of aromatic nitrogens is 1. The summed E-state index contributed by atoms with van der Waals surface area (Å²) < 4.78 is 5.11. The zero-order valence-corrected chi connectivity index (χ0v) is 15.7. The van der Waals surface area contributed by atoms with Crippen molar-refractivity contribution in [3.8, 4) is 5.75 Å². The molecule has 6 nitrogen and oxygen atoms in total. The number of hydrogen-bond donors (Lipinski definition) is 2. The maximum atomic E-state index is 12.4. The van der Waals surface area contributed by atoms with Crippen molar-refractivity contribution in [2.24, 2.45) is 0 Å². The van der Waals surface area contributed by atoms with Crippen LogP contribution in [0.2, 0.25) is 0 Å². The maximum absolute atomic E-state index is 12.4. The van der Waals surface area contributed by atoms with E-state index in [1.807, 2.05) is 55.5 Å². The number of amides is 2. The van der Waals surface area contributed by atoms with Gasteiger partial charge in [-0.3, -0.25) is 14.6 Å². The first-order valence-corrected chi connectivity index (χ1v) is 8.80. The van der Waals surface area contributed by atoms with Crippen molar-refractivity contribution in [3.63, 3.8) is 0 Å². The van der Waals surface area contributed by atoms with Crippen molar-refractivity contribution >= 4 is 17.5 Å². The van der Waals surface area contributed by atoms with E-state index in [0.717, 1.165) is 16.9 Å². The summed E-state index contributed by atoms with van der Waals surface area (Å²) in [6.45, 7) is 2.33. The lowest BCUT2D eigenvalue weighted by Gasteiger charge is -2.08. The van der Waals surface area contributed by atoms with E-state index in [-0.39, 0.29) is 17.5 Å². The fraction of sp³-hybridized carbons (Fsp3) is 0.136. The number of pyridine rings is 1. The van der Waals surface area contributed by atoms with Gasteiger partial charge in [0.1, 0.15) is 11.4 Å². The highest BCUT2D eigenvalue weighted by Crippen LogP contribution is 2.13. The van der Waals surface area contributed by atoms with E-state index in [4.69, 9.17) is 4.74 Å². The van der Waals surface area contributed by atoms with Crippen LogP contribution in [0.4, 0.5) is 5.69 Å². The molecule has 142 valence electrons. The predicted octanol–water partition coefficient (Wildman–Crippen LogP) is 3.58. The molecule has 1 aromatic heterocycles. The second-order valence-electron chi connectivity index (χ2n) is 6.28. The molecule has 0 radical (unpaired) electrons. The highest BCUT2D eigenvalue weighted by Gasteiger charge is 2.12. The van der Waals surface area contributed by atoms with Crippen LogP contribution in [0, 0.1) is 6.92 Å². The van der Waals surface area contributed by atoms with Crippen LogP contribution in [-0.4, -0.2) is 23.9 Å². The molecule has 28 heavy (non-hydrogen) atoms. The van der Waals surface area contributed by atoms with Gasteiger partial charge < -0.3 is 15.4 Å². The van der Waals surface area contributed by atoms with Crippen LogP contribution in [0.25, 0.3) is 0 Å². The predicted molar refractivity (Wildman–Crippen MR) is 108 cm³/mol. The lowest BCUT2D eigenvalue weighted by Crippen LogP contribution is -2.24. The summed E-state index contributed by atoms with van der Waals surface area (Å²) in [5.74, 6) is 0.111. The van der Waals surface area contributed by atoms with Crippen LogP contribution in [0.15, 0.2) is 66.9 Å². The van der Waals surface area contributed by atoms with E-state index in [0.29, 0.717) is 17.8 Å². The summed E-state index contributed by atoms with van der Waals surface area (Å²) in [5.41, 5.74) is 3.29. The van der Waals surface area contributed by atoms with E-state index >= 15 is 0 Å². The number of aryl methyl sites for hydroxylation is 1. The van der Waals surface area contributed by atoms with Gasteiger partial charge in [-0.05, 0) is 48.9 Å². The molecule has 6 heteroatoms. The largest absolute Gasteiger partial charge is 0.497 e. The fourth-order valence-corrected chi connectivity index (χ4v) is 2.55. The Labute approximate surface area is 163 Å². The van der Waals surface area contributed by atoms with Crippen LogP contribution >= 0.6 is 0 Å². The monoisotopic (exact) mass is 375 g/mol. The van der Waals surface area contributed by atoms with Crippen molar-refractivity contribution in [1.82, 2.24) is 10.3 Å². The van der Waals surface area contributed by atoms with Crippen LogP contribution in [0.5, 0.6) is 5.75 Å². The first-order valence-electron chi connectivity index (χ1n) is 8.80. The minimum absolute atomic E-state index is 0.185. The Morgan fingerprint density at radius 1 is 0.964 bits per heavy atom. The molecule has 0 aliphatic heterocycles. The summed E-state index contributed by atoms with van der Waals surface area (Å²) in [7, 11) is 1.60. The standard InChI is InChI=1S/C22H21N3O3/c1-15-3-7-18(8-4-15)25-21(26)17-11-12-23-20(13-17)22(27)24-14-16-5-9-19(28-2)10-6-16/h3-13H,14H2,1-2H3,(H,24,27)(H,25,26). The van der Waals surface area contributed by atoms with Gasteiger partial charge in [0.15, 0.2) is 0 Å². The molecule has 0 bridgehead atoms. The Bertz CT molecular complexity index is 967. The molecule has 0 unspecified atom stereocenters. The topological polar surface area (TPSA) is 80.3 Å². The van der Waals surface area contributed by atoms with Crippen molar-refractivity contribution < 1.29 is 14.3 Å². The van der Waals surface area contributed by atoms with Gasteiger partial charge >= 0.3 is 0 Å². The molecule has 2 N–H and O–H groups in total. The molecule has 0 atom stereocenters. The molecule has 0 saturated heterocycles. The number of hydrogen-bond acceptors (Lipinski definition) is 4. The van der Waals surface area contributed by atoms with Crippen LogP contribution in [0.1, 0.15) is 32.0 Å². The zero-order chi connectivity index (χ0) is 19.9. The van der Waals surface area contributed by atoms with Crippen LogP contribution in [-0.2, 0) is 6.54 Å². The molecule has 2 aromatic carbocycles. The molecule has 0 fully saturated rings. The lowest BCUT2D eigenvalue weighted by molar-refractivity contribution is 0.0946. The van der Waals surface area contributed by atoms with Crippen molar-refractivity contribution in [3.05, 3.63) is 89.2 Å². The summed E-state index contributed by atoms with van der Waals surface area (Å²) in [6.07, 6.45) is 1.45. The van der Waals surface area contributed by atoms with E-state index in [1.54, 1.807) is 13.2 Å². The fourth-order valence-electron chi connectivity index (χ4n) is 2.55. The Hall–Kier alpha value is -3.67. The number of nitrogens with zero attached hydrogens (tertiary/aromatic N) is 1. The highest BCUT2D eigenvalue weighted by atomic mass is 16.5. The quantitative estimate of drug-likeness (QED) is 0.690. The van der Waals surface area contributed by atoms with E-state index in [1.165, 1.54) is 12.3 Å². The Morgan fingerprint density at radius 3 is 2.36 bits per heavy atom. The Morgan fingerprint density at radius 2 is 1.68 bits per heavy atom. The number of ether oxygens (including phenoxy) is 1. The SMILES string of the molecule is COc1ccc(CNC(=O)c2cc(C(=O)Nc3ccc(C)cc3)ccn2)cc1. The van der Waals surface area contributed by atoms with Crippen molar-refractivity contribution in [2.45, 2.75) is 13.5 Å². The Kier molecular flexibility index (Phi) is 6.01. The molecule has 1 heterocycles. The second kappa shape index (κ2) is 8.81. The van der Waals surface area contributed by atoms with E-state index < -0.39 is 0 Å². The van der Waals surface area contributed by atoms with Gasteiger partial charge in [0, 0.05) is 24.0 Å². The molecule has 0 saturated carbocycles. The van der Waals surface area contributed by atoms with Gasteiger partial charge in [0.25, 0.3) is 11.8 Å². The summed E-state index contributed by atoms with van der Waals surface area (Å²) in [5, 5.41) is 5.61. The third-order valence-corrected chi connectivity index (χ3v) is 4.18. The smallest absolute Gasteiger partial charge is 0.270 e. The minimum atomic E-state index is -0.346. The number of anilines is 1. The molecule has 0 aliphatic carbocycles. The van der Waals surface area contributed by atoms with Gasteiger partial charge in [-0.2, -0.15) is 0 Å². The number of carbonyl (C=O) groups is 2. The molecule has 0 aliphatic rings. The van der Waals surface area contributed by atoms with E-state index in [2.05, 4.69) is 15.6 Å². The molecular formula is C22H21N3O3. The highest BCUT2D eigenvalue weighted by molar-refractivity contribution is 6.05. The van der Waals surface area contributed by atoms with Crippen molar-refractivity contribution in [2.75, 3.05) is 12.4 Å². The van der Waals surface area contributed by atoms with Gasteiger partial charge in [-0.25, -0.2) is 0 Å². The molecular weight excluding hydrogens is 354 g/mol. The molecule has 3 aromatic rings. The minimum Gasteiger partial charge on any atom is -0.497 e. The first-order chi connectivity index (χ1) is 13.5. The average molecular weight is 375 g/mol. The van der Waals surface area contributed by atoms with Crippen LogP contribution in [0.3, 0.4) is 0 Å². The van der Waals surface area contributed by atoms with E-state index in [9.17, 15) is 9.59 Å². The van der Waals surface area contributed by atoms with Gasteiger partial charge in [0.2, 0.25) is 0 Å². The number of carbonyl (C=O) groups excluding carboxylic acids is 2. The summed E-state index contributed by atoms with van der Waals surface area (Å²) >= 11 is 0. The van der Waals surface area contributed by atoms with Gasteiger partial charge in [-0.15, -0.1) is 0 Å². The van der Waals surface area contributed by atoms with Crippen molar-refractivity contribution in [1.29, 1.82) is 0 Å². The van der Waals surface area contributed by atoms with Gasteiger partial charge in [-0.1, -0.05) is 29.8 Å².